The highest BCUT2D eigenvalue weighted by Crippen LogP contribution is 2.29. The Kier molecular flexibility index (Phi) is 5.96. The van der Waals surface area contributed by atoms with Gasteiger partial charge in [-0.2, -0.15) is 0 Å². The summed E-state index contributed by atoms with van der Waals surface area (Å²) in [7, 11) is 3.07. The first-order valence-corrected chi connectivity index (χ1v) is 8.76. The Morgan fingerprint density at radius 2 is 1.86 bits per heavy atom. The maximum atomic E-state index is 12.6. The summed E-state index contributed by atoms with van der Waals surface area (Å²) in [4.78, 5) is 20.8. The number of nitrogens with one attached hydrogen (secondary N) is 2. The standard InChI is InChI=1S/C20H19ClN4O3/c1-12-4-5-13(8-15(12)21)24-19-10-17(22-11-23-19)20(26)25-16-9-14(27-2)6-7-18(16)28-3/h4-11H,1-3H3,(H,25,26)(H,22,23,24). The fourth-order valence-electron chi connectivity index (χ4n) is 2.47. The molecule has 1 heterocycles. The Hall–Kier alpha value is -3.32. The number of hydrogen-bond donors (Lipinski definition) is 2. The van der Waals surface area contributed by atoms with Gasteiger partial charge in [-0.05, 0) is 36.8 Å². The summed E-state index contributed by atoms with van der Waals surface area (Å²) in [5.41, 5.74) is 2.41. The first kappa shape index (κ1) is 19.4. The predicted molar refractivity (Wildman–Crippen MR) is 109 cm³/mol. The van der Waals surface area contributed by atoms with Crippen LogP contribution >= 0.6 is 11.6 Å². The number of rotatable bonds is 6. The lowest BCUT2D eigenvalue weighted by Crippen LogP contribution is -2.15. The van der Waals surface area contributed by atoms with Crippen molar-refractivity contribution in [2.75, 3.05) is 24.9 Å². The molecule has 28 heavy (non-hydrogen) atoms. The number of benzene rings is 2. The van der Waals surface area contributed by atoms with E-state index in [0.29, 0.717) is 28.0 Å². The zero-order valence-electron chi connectivity index (χ0n) is 15.6. The van der Waals surface area contributed by atoms with Gasteiger partial charge in [-0.1, -0.05) is 17.7 Å². The summed E-state index contributed by atoms with van der Waals surface area (Å²) in [5, 5.41) is 6.53. The number of ether oxygens (including phenoxy) is 2. The second-order valence-corrected chi connectivity index (χ2v) is 6.30. The average molecular weight is 399 g/mol. The van der Waals surface area contributed by atoms with Crippen molar-refractivity contribution >= 4 is 34.7 Å². The van der Waals surface area contributed by atoms with Crippen molar-refractivity contribution in [3.05, 3.63) is 65.1 Å². The molecule has 0 aliphatic heterocycles. The van der Waals surface area contributed by atoms with Crippen LogP contribution in [0.5, 0.6) is 11.5 Å². The topological polar surface area (TPSA) is 85.4 Å². The number of nitrogens with zero attached hydrogens (tertiary/aromatic N) is 2. The zero-order valence-corrected chi connectivity index (χ0v) is 16.4. The van der Waals surface area contributed by atoms with Gasteiger partial charge in [0, 0.05) is 22.8 Å². The van der Waals surface area contributed by atoms with Gasteiger partial charge in [0.05, 0.1) is 19.9 Å². The van der Waals surface area contributed by atoms with E-state index in [1.54, 1.807) is 37.4 Å². The third-order valence-electron chi connectivity index (χ3n) is 4.00. The van der Waals surface area contributed by atoms with Crippen LogP contribution < -0.4 is 20.1 Å². The SMILES string of the molecule is COc1ccc(OC)c(NC(=O)c2cc(Nc3ccc(C)c(Cl)c3)ncn2)c1. The number of methoxy groups -OCH3 is 2. The van der Waals surface area contributed by atoms with Crippen molar-refractivity contribution in [2.24, 2.45) is 0 Å². The van der Waals surface area contributed by atoms with E-state index in [9.17, 15) is 4.79 Å². The highest BCUT2D eigenvalue weighted by atomic mass is 35.5. The lowest BCUT2D eigenvalue weighted by molar-refractivity contribution is 0.102. The lowest BCUT2D eigenvalue weighted by atomic mass is 10.2. The smallest absolute Gasteiger partial charge is 0.274 e. The molecule has 0 radical (unpaired) electrons. The molecule has 2 N–H and O–H groups in total. The number of halogens is 1. The summed E-state index contributed by atoms with van der Waals surface area (Å²) in [5.74, 6) is 1.17. The van der Waals surface area contributed by atoms with Gasteiger partial charge in [-0.25, -0.2) is 9.97 Å². The van der Waals surface area contributed by atoms with E-state index in [1.807, 2.05) is 19.1 Å². The molecule has 0 bridgehead atoms. The third kappa shape index (κ3) is 4.50. The minimum Gasteiger partial charge on any atom is -0.497 e. The summed E-state index contributed by atoms with van der Waals surface area (Å²) in [6.45, 7) is 1.92. The van der Waals surface area contributed by atoms with Crippen molar-refractivity contribution < 1.29 is 14.3 Å². The number of aryl methyl sites for hydroxylation is 1. The first-order valence-electron chi connectivity index (χ1n) is 8.38. The molecule has 0 unspecified atom stereocenters. The number of aromatic nitrogens is 2. The van der Waals surface area contributed by atoms with Gasteiger partial charge in [0.25, 0.3) is 5.91 Å². The number of hydrogen-bond acceptors (Lipinski definition) is 6. The van der Waals surface area contributed by atoms with Crippen LogP contribution in [-0.4, -0.2) is 30.1 Å². The molecule has 144 valence electrons. The van der Waals surface area contributed by atoms with Crippen molar-refractivity contribution in [1.82, 2.24) is 9.97 Å². The van der Waals surface area contributed by atoms with E-state index in [-0.39, 0.29) is 5.69 Å². The number of amides is 1. The number of carbonyl (C=O) groups is 1. The van der Waals surface area contributed by atoms with Crippen LogP contribution in [-0.2, 0) is 0 Å². The first-order chi connectivity index (χ1) is 13.5. The summed E-state index contributed by atoms with van der Waals surface area (Å²) >= 11 is 6.15. The molecule has 0 spiro atoms. The minimum absolute atomic E-state index is 0.195. The normalized spacial score (nSPS) is 10.3. The Balaban J connectivity index is 1.80. The van der Waals surface area contributed by atoms with E-state index in [0.717, 1.165) is 11.3 Å². The van der Waals surface area contributed by atoms with E-state index in [1.165, 1.54) is 13.4 Å². The van der Waals surface area contributed by atoms with E-state index >= 15 is 0 Å². The van der Waals surface area contributed by atoms with Gasteiger partial charge in [-0.3, -0.25) is 4.79 Å². The molecule has 1 amide bonds. The molecular weight excluding hydrogens is 380 g/mol. The molecule has 8 heteroatoms. The van der Waals surface area contributed by atoms with Gasteiger partial charge in [0.15, 0.2) is 0 Å². The molecule has 0 atom stereocenters. The molecule has 7 nitrogen and oxygen atoms in total. The van der Waals surface area contributed by atoms with Crippen molar-refractivity contribution in [3.8, 4) is 11.5 Å². The van der Waals surface area contributed by atoms with Gasteiger partial charge < -0.3 is 20.1 Å². The largest absolute Gasteiger partial charge is 0.497 e. The maximum absolute atomic E-state index is 12.6. The maximum Gasteiger partial charge on any atom is 0.274 e. The van der Waals surface area contributed by atoms with Crippen molar-refractivity contribution in [1.29, 1.82) is 0 Å². The Morgan fingerprint density at radius 1 is 1.04 bits per heavy atom. The Bertz CT molecular complexity index is 1010. The molecule has 1 aromatic heterocycles. The number of anilines is 3. The van der Waals surface area contributed by atoms with Crippen molar-refractivity contribution in [3.63, 3.8) is 0 Å². The highest BCUT2D eigenvalue weighted by Gasteiger charge is 2.13. The molecule has 2 aromatic carbocycles. The van der Waals surface area contributed by atoms with E-state index in [4.69, 9.17) is 21.1 Å². The van der Waals surface area contributed by atoms with Gasteiger partial charge >= 0.3 is 0 Å². The monoisotopic (exact) mass is 398 g/mol. The molecule has 3 rings (SSSR count). The fraction of sp³-hybridized carbons (Fsp3) is 0.150. The quantitative estimate of drug-likeness (QED) is 0.638. The summed E-state index contributed by atoms with van der Waals surface area (Å²) in [6, 6.07) is 12.2. The molecule has 0 saturated heterocycles. The number of carbonyl (C=O) groups excluding carboxylic acids is 1. The van der Waals surface area contributed by atoms with Crippen LogP contribution in [0, 0.1) is 6.92 Å². The second kappa shape index (κ2) is 8.58. The fourth-order valence-corrected chi connectivity index (χ4v) is 2.65. The van der Waals surface area contributed by atoms with Crippen LogP contribution in [0.3, 0.4) is 0 Å². The third-order valence-corrected chi connectivity index (χ3v) is 4.41. The van der Waals surface area contributed by atoms with Crippen molar-refractivity contribution in [2.45, 2.75) is 6.92 Å². The van der Waals surface area contributed by atoms with Gasteiger partial charge in [0.1, 0.15) is 29.3 Å². The zero-order chi connectivity index (χ0) is 20.1. The Morgan fingerprint density at radius 3 is 2.57 bits per heavy atom. The molecule has 0 saturated carbocycles. The van der Waals surface area contributed by atoms with Crippen LogP contribution in [0.15, 0.2) is 48.8 Å². The molecule has 0 aliphatic rings. The second-order valence-electron chi connectivity index (χ2n) is 5.90. The molecule has 3 aromatic rings. The van der Waals surface area contributed by atoms with Gasteiger partial charge in [-0.15, -0.1) is 0 Å². The summed E-state index contributed by atoms with van der Waals surface area (Å²) < 4.78 is 10.5. The minimum atomic E-state index is -0.404. The van der Waals surface area contributed by atoms with Crippen LogP contribution in [0.2, 0.25) is 5.02 Å². The van der Waals surface area contributed by atoms with E-state index in [2.05, 4.69) is 20.6 Å². The molecule has 0 fully saturated rings. The Labute approximate surface area is 167 Å². The lowest BCUT2D eigenvalue weighted by Gasteiger charge is -2.12. The molecule has 0 aliphatic carbocycles. The highest BCUT2D eigenvalue weighted by molar-refractivity contribution is 6.31. The van der Waals surface area contributed by atoms with Crippen LogP contribution in [0.1, 0.15) is 16.1 Å². The van der Waals surface area contributed by atoms with Gasteiger partial charge in [0.2, 0.25) is 0 Å². The van der Waals surface area contributed by atoms with E-state index < -0.39 is 5.91 Å². The van der Waals surface area contributed by atoms with Crippen LogP contribution in [0.25, 0.3) is 0 Å². The summed E-state index contributed by atoms with van der Waals surface area (Å²) in [6.07, 6.45) is 1.32. The predicted octanol–water partition coefficient (Wildman–Crippen LogP) is 4.45. The molecular formula is C20H19ClN4O3. The average Bonchev–Trinajstić information content (AvgIpc) is 2.71. The van der Waals surface area contributed by atoms with Crippen LogP contribution in [0.4, 0.5) is 17.2 Å².